The third-order valence-electron chi connectivity index (χ3n) is 5.23. The Kier molecular flexibility index (Phi) is 10.1. The quantitative estimate of drug-likeness (QED) is 0.179. The van der Waals surface area contributed by atoms with Crippen molar-refractivity contribution >= 4 is 28.5 Å². The molecule has 0 aliphatic carbocycles. The Morgan fingerprint density at radius 1 is 1.22 bits per heavy atom. The molecule has 0 radical (unpaired) electrons. The van der Waals surface area contributed by atoms with E-state index >= 15 is 0 Å². The summed E-state index contributed by atoms with van der Waals surface area (Å²) in [5.74, 6) is -1.36. The van der Waals surface area contributed by atoms with Gasteiger partial charge in [0.25, 0.3) is 10.1 Å². The fraction of sp³-hybridized carbons (Fsp3) is 0.591. The molecular weight excluding hydrogens is 438 g/mol. The maximum Gasteiger partial charge on any atom is 0.325 e. The van der Waals surface area contributed by atoms with Crippen molar-refractivity contribution in [3.63, 3.8) is 0 Å². The molecule has 1 aromatic carbocycles. The highest BCUT2D eigenvalue weighted by Crippen LogP contribution is 2.32. The van der Waals surface area contributed by atoms with Crippen LogP contribution >= 0.6 is 0 Å². The molecule has 0 spiro atoms. The molecule has 2 rings (SSSR count). The highest BCUT2D eigenvalue weighted by atomic mass is 32.2. The van der Waals surface area contributed by atoms with Crippen molar-refractivity contribution < 1.29 is 36.5 Å². The maximum atomic E-state index is 12.5. The number of carbonyl (C=O) groups excluding carboxylic acids is 3. The molecule has 1 heterocycles. The van der Waals surface area contributed by atoms with E-state index < -0.39 is 34.9 Å². The van der Waals surface area contributed by atoms with Gasteiger partial charge in [-0.1, -0.05) is 50.3 Å². The first-order valence-electron chi connectivity index (χ1n) is 10.8. The Hall–Kier alpha value is -2.46. The number of nitrogens with one attached hydrogen (secondary N) is 1. The van der Waals surface area contributed by atoms with Gasteiger partial charge in [-0.25, -0.2) is 0 Å². The number of benzene rings is 1. The topological polar surface area (TPSA) is 125 Å². The van der Waals surface area contributed by atoms with Crippen molar-refractivity contribution in [2.24, 2.45) is 5.92 Å². The summed E-state index contributed by atoms with van der Waals surface area (Å²) in [5.41, 5.74) is 0.898. The van der Waals surface area contributed by atoms with Gasteiger partial charge in [0.15, 0.2) is 0 Å². The normalized spacial score (nSPS) is 18.9. The van der Waals surface area contributed by atoms with E-state index in [0.29, 0.717) is 12.8 Å². The van der Waals surface area contributed by atoms with E-state index in [1.54, 1.807) is 12.1 Å². The molecule has 1 N–H and O–H groups in total. The Bertz CT molecular complexity index is 868. The van der Waals surface area contributed by atoms with E-state index in [2.05, 4.69) is 12.2 Å². The van der Waals surface area contributed by atoms with Crippen molar-refractivity contribution in [2.45, 2.75) is 69.5 Å². The Morgan fingerprint density at radius 2 is 1.94 bits per heavy atom. The predicted octanol–water partition coefficient (Wildman–Crippen LogP) is 2.26. The van der Waals surface area contributed by atoms with Gasteiger partial charge in [0.05, 0.1) is 10.8 Å². The lowest BCUT2D eigenvalue weighted by molar-refractivity contribution is -0.190. The lowest BCUT2D eigenvalue weighted by Gasteiger charge is -2.37. The summed E-state index contributed by atoms with van der Waals surface area (Å²) in [7, 11) is -4.06. The third kappa shape index (κ3) is 7.90. The first-order valence-corrected chi connectivity index (χ1v) is 12.2. The van der Waals surface area contributed by atoms with Gasteiger partial charge in [0.1, 0.15) is 25.4 Å². The monoisotopic (exact) mass is 469 g/mol. The molecule has 1 aromatic rings. The lowest BCUT2D eigenvalue weighted by atomic mass is 9.87. The average molecular weight is 470 g/mol. The van der Waals surface area contributed by atoms with Crippen molar-refractivity contribution in [1.82, 2.24) is 5.32 Å². The molecule has 3 atom stereocenters. The van der Waals surface area contributed by atoms with Crippen LogP contribution in [0.25, 0.3) is 0 Å². The molecule has 1 aliphatic rings. The van der Waals surface area contributed by atoms with Crippen LogP contribution in [-0.2, 0) is 38.2 Å². The van der Waals surface area contributed by atoms with Crippen molar-refractivity contribution in [2.75, 3.05) is 13.2 Å². The SMILES string of the molecule is CCCCCCC1C(=O)O[C@H]1CC(COS(=O)(=O)c1ccc(C)cc1)OC(=O)CNC=O. The zero-order chi connectivity index (χ0) is 23.6. The molecule has 1 amide bonds. The minimum absolute atomic E-state index is 0.0142. The van der Waals surface area contributed by atoms with Crippen LogP contribution in [0, 0.1) is 12.8 Å². The molecule has 10 heteroatoms. The molecule has 1 aliphatic heterocycles. The second-order valence-corrected chi connectivity index (χ2v) is 9.44. The van der Waals surface area contributed by atoms with Crippen LogP contribution in [0.5, 0.6) is 0 Å². The van der Waals surface area contributed by atoms with E-state index in [-0.39, 0.29) is 29.7 Å². The summed E-state index contributed by atoms with van der Waals surface area (Å²) in [6.07, 6.45) is 3.75. The van der Waals surface area contributed by atoms with E-state index in [9.17, 15) is 22.8 Å². The van der Waals surface area contributed by atoms with Crippen LogP contribution < -0.4 is 5.32 Å². The molecule has 0 saturated carbocycles. The van der Waals surface area contributed by atoms with Crippen LogP contribution in [0.1, 0.15) is 51.0 Å². The second-order valence-electron chi connectivity index (χ2n) is 7.83. The van der Waals surface area contributed by atoms with Gasteiger partial charge in [-0.15, -0.1) is 0 Å². The molecule has 1 fully saturated rings. The second kappa shape index (κ2) is 12.5. The molecule has 0 bridgehead atoms. The summed E-state index contributed by atoms with van der Waals surface area (Å²) in [6, 6.07) is 6.16. The number of cyclic esters (lactones) is 1. The van der Waals surface area contributed by atoms with Crippen molar-refractivity contribution in [3.05, 3.63) is 29.8 Å². The number of ether oxygens (including phenoxy) is 2. The third-order valence-corrected chi connectivity index (χ3v) is 6.53. The maximum absolute atomic E-state index is 12.5. The van der Waals surface area contributed by atoms with E-state index in [1.807, 2.05) is 6.92 Å². The minimum atomic E-state index is -4.06. The lowest BCUT2D eigenvalue weighted by Crippen LogP contribution is -2.48. The number of carbonyl (C=O) groups is 3. The number of rotatable bonds is 15. The van der Waals surface area contributed by atoms with E-state index in [1.165, 1.54) is 12.1 Å². The number of hydrogen-bond donors (Lipinski definition) is 1. The first-order chi connectivity index (χ1) is 15.3. The summed E-state index contributed by atoms with van der Waals surface area (Å²) in [6.45, 7) is 3.14. The van der Waals surface area contributed by atoms with Gasteiger partial charge in [0.2, 0.25) is 6.41 Å². The van der Waals surface area contributed by atoms with Gasteiger partial charge in [-0.3, -0.25) is 18.6 Å². The standard InChI is InChI=1S/C22H31NO8S/c1-3-4-5-6-7-19-20(31-22(19)26)12-17(30-21(25)13-23-15-24)14-29-32(27,28)18-10-8-16(2)9-11-18/h8-11,15,17,19-20H,3-7,12-14H2,1-2H3,(H,23,24)/t17?,19?,20-/m0/s1. The summed E-state index contributed by atoms with van der Waals surface area (Å²) in [5, 5.41) is 2.19. The van der Waals surface area contributed by atoms with Crippen LogP contribution in [0.3, 0.4) is 0 Å². The molecule has 178 valence electrons. The summed E-state index contributed by atoms with van der Waals surface area (Å²) < 4.78 is 40.6. The fourth-order valence-corrected chi connectivity index (χ4v) is 4.34. The number of esters is 2. The zero-order valence-electron chi connectivity index (χ0n) is 18.4. The van der Waals surface area contributed by atoms with Crippen molar-refractivity contribution in [3.8, 4) is 0 Å². The largest absolute Gasteiger partial charge is 0.461 e. The molecule has 2 unspecified atom stereocenters. The first kappa shape index (κ1) is 25.8. The molecule has 32 heavy (non-hydrogen) atoms. The van der Waals surface area contributed by atoms with Crippen LogP contribution in [-0.4, -0.2) is 52.1 Å². The predicted molar refractivity (Wildman–Crippen MR) is 115 cm³/mol. The zero-order valence-corrected chi connectivity index (χ0v) is 19.3. The highest BCUT2D eigenvalue weighted by Gasteiger charge is 2.43. The van der Waals surface area contributed by atoms with Gasteiger partial charge in [0, 0.05) is 6.42 Å². The van der Waals surface area contributed by atoms with Gasteiger partial charge in [-0.2, -0.15) is 8.42 Å². The minimum Gasteiger partial charge on any atom is -0.461 e. The number of amides is 1. The van der Waals surface area contributed by atoms with Gasteiger partial charge >= 0.3 is 11.9 Å². The van der Waals surface area contributed by atoms with E-state index in [0.717, 1.165) is 31.2 Å². The van der Waals surface area contributed by atoms with Crippen LogP contribution in [0.15, 0.2) is 29.2 Å². The average Bonchev–Trinajstić information content (AvgIpc) is 2.75. The Balaban J connectivity index is 2.00. The summed E-state index contributed by atoms with van der Waals surface area (Å²) >= 11 is 0. The fourth-order valence-electron chi connectivity index (χ4n) is 3.41. The van der Waals surface area contributed by atoms with Crippen LogP contribution in [0.2, 0.25) is 0 Å². The van der Waals surface area contributed by atoms with Crippen LogP contribution in [0.4, 0.5) is 0 Å². The molecule has 0 aromatic heterocycles. The van der Waals surface area contributed by atoms with Crippen molar-refractivity contribution in [1.29, 1.82) is 0 Å². The molecule has 1 saturated heterocycles. The smallest absolute Gasteiger partial charge is 0.325 e. The highest BCUT2D eigenvalue weighted by molar-refractivity contribution is 7.86. The van der Waals surface area contributed by atoms with Gasteiger partial charge in [-0.05, 0) is 25.5 Å². The Labute approximate surface area is 188 Å². The number of aryl methyl sites for hydroxylation is 1. The van der Waals surface area contributed by atoms with Gasteiger partial charge < -0.3 is 14.8 Å². The number of unbranched alkanes of at least 4 members (excludes halogenated alkanes) is 3. The molecule has 9 nitrogen and oxygen atoms in total. The summed E-state index contributed by atoms with van der Waals surface area (Å²) in [4.78, 5) is 34.2. The number of hydrogen-bond acceptors (Lipinski definition) is 8. The molecular formula is C22H31NO8S. The van der Waals surface area contributed by atoms with E-state index in [4.69, 9.17) is 13.7 Å². The Morgan fingerprint density at radius 3 is 2.56 bits per heavy atom.